The van der Waals surface area contributed by atoms with Crippen molar-refractivity contribution >= 4 is 5.91 Å². The summed E-state index contributed by atoms with van der Waals surface area (Å²) in [6.07, 6.45) is 9.61. The summed E-state index contributed by atoms with van der Waals surface area (Å²) in [6.45, 7) is 5.66. The summed E-state index contributed by atoms with van der Waals surface area (Å²) in [5.74, 6) is 0.550. The maximum absolute atomic E-state index is 12.5. The van der Waals surface area contributed by atoms with Gasteiger partial charge in [0.25, 0.3) is 0 Å². The maximum atomic E-state index is 12.5. The van der Waals surface area contributed by atoms with Gasteiger partial charge in [-0.25, -0.2) is 0 Å². The molecule has 0 bridgehead atoms. The van der Waals surface area contributed by atoms with Crippen molar-refractivity contribution in [3.05, 3.63) is 0 Å². The molecule has 0 radical (unpaired) electrons. The lowest BCUT2D eigenvalue weighted by Crippen LogP contribution is -2.69. The fourth-order valence-electron chi connectivity index (χ4n) is 5.49. The van der Waals surface area contributed by atoms with Gasteiger partial charge in [-0.3, -0.25) is 9.69 Å². The molecule has 1 aliphatic heterocycles. The van der Waals surface area contributed by atoms with Gasteiger partial charge in [-0.05, 0) is 38.5 Å². The smallest absolute Gasteiger partial charge is 0.225 e. The average Bonchev–Trinajstić information content (AvgIpc) is 3.03. The molecule has 0 aromatic rings. The monoisotopic (exact) mass is 294 g/mol. The van der Waals surface area contributed by atoms with Gasteiger partial charge < -0.3 is 10.5 Å². The molecule has 2 aliphatic carbocycles. The Balaban J connectivity index is 2.02. The van der Waals surface area contributed by atoms with Crippen LogP contribution in [0.25, 0.3) is 0 Å². The van der Waals surface area contributed by atoms with Crippen LogP contribution in [0, 0.1) is 11.3 Å². The van der Waals surface area contributed by atoms with Crippen molar-refractivity contribution in [2.24, 2.45) is 17.1 Å². The number of carbonyl (C=O) groups excluding carboxylic acids is 1. The normalized spacial score (nSPS) is 39.5. The molecular weight excluding hydrogens is 264 g/mol. The summed E-state index contributed by atoms with van der Waals surface area (Å²) < 4.78 is 5.57. The van der Waals surface area contributed by atoms with Crippen LogP contribution in [0.4, 0.5) is 0 Å². The minimum atomic E-state index is -0.377. The van der Waals surface area contributed by atoms with Crippen LogP contribution in [0.5, 0.6) is 0 Å². The summed E-state index contributed by atoms with van der Waals surface area (Å²) in [5, 5.41) is 0. The molecule has 4 nitrogen and oxygen atoms in total. The third kappa shape index (κ3) is 2.31. The van der Waals surface area contributed by atoms with Crippen LogP contribution < -0.4 is 5.73 Å². The number of rotatable bonds is 3. The first kappa shape index (κ1) is 15.3. The van der Waals surface area contributed by atoms with Gasteiger partial charge >= 0.3 is 0 Å². The highest BCUT2D eigenvalue weighted by Gasteiger charge is 2.60. The van der Waals surface area contributed by atoms with Crippen molar-refractivity contribution in [1.82, 2.24) is 4.90 Å². The molecule has 2 unspecified atom stereocenters. The lowest BCUT2D eigenvalue weighted by Gasteiger charge is -2.60. The molecule has 2 atom stereocenters. The van der Waals surface area contributed by atoms with Gasteiger partial charge in [0.1, 0.15) is 0 Å². The number of morpholine rings is 1. The predicted molar refractivity (Wildman–Crippen MR) is 82.9 cm³/mol. The highest BCUT2D eigenvalue weighted by Crippen LogP contribution is 2.55. The number of hydrogen-bond donors (Lipinski definition) is 1. The van der Waals surface area contributed by atoms with E-state index in [9.17, 15) is 4.79 Å². The predicted octanol–water partition coefficient (Wildman–Crippen LogP) is 2.31. The first-order chi connectivity index (χ1) is 10.1. The van der Waals surface area contributed by atoms with Crippen molar-refractivity contribution in [3.8, 4) is 0 Å². The van der Waals surface area contributed by atoms with Crippen molar-refractivity contribution in [1.29, 1.82) is 0 Å². The van der Waals surface area contributed by atoms with Crippen molar-refractivity contribution < 1.29 is 9.53 Å². The van der Waals surface area contributed by atoms with Crippen LogP contribution in [-0.2, 0) is 9.53 Å². The van der Waals surface area contributed by atoms with Gasteiger partial charge in [0.05, 0.1) is 18.6 Å². The minimum Gasteiger partial charge on any atom is -0.379 e. The number of primary amides is 1. The summed E-state index contributed by atoms with van der Waals surface area (Å²) in [4.78, 5) is 15.0. The average molecular weight is 294 g/mol. The van der Waals surface area contributed by atoms with E-state index in [1.54, 1.807) is 0 Å². The van der Waals surface area contributed by atoms with Gasteiger partial charge in [-0.15, -0.1) is 0 Å². The summed E-state index contributed by atoms with van der Waals surface area (Å²) in [7, 11) is 0. The third-order valence-corrected chi connectivity index (χ3v) is 6.59. The van der Waals surface area contributed by atoms with Crippen molar-refractivity contribution in [3.63, 3.8) is 0 Å². The zero-order valence-corrected chi connectivity index (χ0v) is 13.4. The Morgan fingerprint density at radius 2 is 1.71 bits per heavy atom. The Morgan fingerprint density at radius 3 is 2.33 bits per heavy atom. The zero-order valence-electron chi connectivity index (χ0n) is 13.4. The minimum absolute atomic E-state index is 0.0165. The van der Waals surface area contributed by atoms with Gasteiger partial charge in [0.2, 0.25) is 5.91 Å². The van der Waals surface area contributed by atoms with Gasteiger partial charge in [0, 0.05) is 18.6 Å². The number of amides is 1. The number of ether oxygens (including phenoxy) is 1. The molecule has 21 heavy (non-hydrogen) atoms. The van der Waals surface area contributed by atoms with Gasteiger partial charge in [-0.1, -0.05) is 25.7 Å². The van der Waals surface area contributed by atoms with Crippen molar-refractivity contribution in [2.75, 3.05) is 26.3 Å². The Labute approximate surface area is 128 Å². The summed E-state index contributed by atoms with van der Waals surface area (Å²) in [6, 6.07) is 0. The van der Waals surface area contributed by atoms with E-state index in [0.29, 0.717) is 5.92 Å². The summed E-state index contributed by atoms with van der Waals surface area (Å²) in [5.41, 5.74) is 5.56. The van der Waals surface area contributed by atoms with Crippen molar-refractivity contribution in [2.45, 2.75) is 63.8 Å². The first-order valence-electron chi connectivity index (χ1n) is 8.74. The van der Waals surface area contributed by atoms with Gasteiger partial charge in [0.15, 0.2) is 0 Å². The molecule has 1 amide bonds. The second-order valence-electron chi connectivity index (χ2n) is 7.41. The topological polar surface area (TPSA) is 55.6 Å². The fraction of sp³-hybridized carbons (Fsp3) is 0.941. The number of carbonyl (C=O) groups is 1. The van der Waals surface area contributed by atoms with Crippen LogP contribution in [0.15, 0.2) is 0 Å². The van der Waals surface area contributed by atoms with E-state index < -0.39 is 0 Å². The maximum Gasteiger partial charge on any atom is 0.225 e. The fourth-order valence-corrected chi connectivity index (χ4v) is 5.49. The third-order valence-electron chi connectivity index (χ3n) is 6.59. The molecule has 2 N–H and O–H groups in total. The van der Waals surface area contributed by atoms with E-state index in [1.165, 1.54) is 32.1 Å². The van der Waals surface area contributed by atoms with Crippen LogP contribution >= 0.6 is 0 Å². The molecule has 3 fully saturated rings. The van der Waals surface area contributed by atoms with Gasteiger partial charge in [-0.2, -0.15) is 0 Å². The van der Waals surface area contributed by atoms with E-state index in [0.717, 1.165) is 45.6 Å². The second kappa shape index (κ2) is 5.88. The highest BCUT2D eigenvalue weighted by atomic mass is 16.5. The Kier molecular flexibility index (Phi) is 4.28. The molecule has 3 aliphatic rings. The summed E-state index contributed by atoms with van der Waals surface area (Å²) >= 11 is 0. The van der Waals surface area contributed by atoms with E-state index in [1.807, 2.05) is 0 Å². The zero-order chi connectivity index (χ0) is 14.9. The van der Waals surface area contributed by atoms with E-state index in [-0.39, 0.29) is 16.9 Å². The molecule has 0 aromatic carbocycles. The Hall–Kier alpha value is -0.610. The molecule has 0 spiro atoms. The highest BCUT2D eigenvalue weighted by molar-refractivity contribution is 5.82. The molecular formula is C17H30N2O2. The van der Waals surface area contributed by atoms with E-state index in [4.69, 9.17) is 10.5 Å². The number of nitrogens with zero attached hydrogens (tertiary/aromatic N) is 1. The second-order valence-corrected chi connectivity index (χ2v) is 7.41. The Bertz CT molecular complexity index is 388. The largest absolute Gasteiger partial charge is 0.379 e. The van der Waals surface area contributed by atoms with Crippen LogP contribution in [0.2, 0.25) is 0 Å². The quantitative estimate of drug-likeness (QED) is 0.869. The Morgan fingerprint density at radius 1 is 1.10 bits per heavy atom. The van der Waals surface area contributed by atoms with E-state index >= 15 is 0 Å². The first-order valence-corrected chi connectivity index (χ1v) is 8.74. The molecule has 4 heteroatoms. The lowest BCUT2D eigenvalue weighted by atomic mass is 9.55. The van der Waals surface area contributed by atoms with Crippen LogP contribution in [0.3, 0.4) is 0 Å². The lowest BCUT2D eigenvalue weighted by molar-refractivity contribution is -0.159. The molecule has 2 saturated carbocycles. The molecule has 1 heterocycles. The molecule has 1 saturated heterocycles. The van der Waals surface area contributed by atoms with Crippen LogP contribution in [0.1, 0.15) is 58.3 Å². The molecule has 120 valence electrons. The number of hydrogen-bond acceptors (Lipinski definition) is 3. The number of nitrogens with two attached hydrogens (primary N) is 1. The SMILES string of the molecule is CC1(C(N)=O)CCCCC1(C1CCCC1)N1CCOCC1. The standard InChI is InChI=1S/C17H30N2O2/c1-16(15(18)20)8-4-5-9-17(16,14-6-2-3-7-14)19-10-12-21-13-11-19/h14H,2-13H2,1H3,(H2,18,20). The van der Waals surface area contributed by atoms with E-state index in [2.05, 4.69) is 11.8 Å². The van der Waals surface area contributed by atoms with Crippen LogP contribution in [-0.4, -0.2) is 42.6 Å². The molecule has 3 rings (SSSR count). The molecule has 0 aromatic heterocycles.